The number of alkyl halides is 2. The molecular weight excluding hydrogens is 344 g/mol. The van der Waals surface area contributed by atoms with Crippen molar-refractivity contribution in [2.75, 3.05) is 6.61 Å². The summed E-state index contributed by atoms with van der Waals surface area (Å²) in [7, 11) is 0. The number of rotatable bonds is 6. The van der Waals surface area contributed by atoms with Crippen LogP contribution in [-0.2, 0) is 9.53 Å². The number of benzene rings is 2. The van der Waals surface area contributed by atoms with Gasteiger partial charge in [0, 0.05) is 11.1 Å². The Morgan fingerprint density at radius 3 is 2.58 bits per heavy atom. The van der Waals surface area contributed by atoms with Crippen molar-refractivity contribution in [1.82, 2.24) is 0 Å². The molecule has 0 radical (unpaired) electrons. The molecule has 1 heterocycles. The number of para-hydroxylation sites is 1. The van der Waals surface area contributed by atoms with Crippen LogP contribution in [0.5, 0.6) is 11.5 Å². The molecule has 0 atom stereocenters. The Morgan fingerprint density at radius 1 is 1.15 bits per heavy atom. The van der Waals surface area contributed by atoms with Gasteiger partial charge >= 0.3 is 12.6 Å². The van der Waals surface area contributed by atoms with Gasteiger partial charge in [-0.15, -0.1) is 0 Å². The maximum atomic E-state index is 12.5. The number of carbonyl (C=O) groups excluding carboxylic acids is 1. The lowest BCUT2D eigenvalue weighted by molar-refractivity contribution is -0.129. The minimum absolute atomic E-state index is 0.000740. The van der Waals surface area contributed by atoms with Gasteiger partial charge in [0.05, 0.1) is 6.61 Å². The molecule has 0 unspecified atom stereocenters. The molecule has 0 saturated carbocycles. The summed E-state index contributed by atoms with van der Waals surface area (Å²) in [5, 5.41) is 0. The fourth-order valence-electron chi connectivity index (χ4n) is 2.34. The Balaban J connectivity index is 1.87. The fourth-order valence-corrected chi connectivity index (χ4v) is 2.34. The zero-order chi connectivity index (χ0) is 18.5. The lowest BCUT2D eigenvalue weighted by atomic mass is 10.1. The molecule has 0 N–H and O–H groups in total. The van der Waals surface area contributed by atoms with Gasteiger partial charge in [0.1, 0.15) is 11.5 Å². The van der Waals surface area contributed by atoms with Crippen LogP contribution in [0.15, 0.2) is 59.2 Å². The van der Waals surface area contributed by atoms with Crippen molar-refractivity contribution in [2.45, 2.75) is 13.5 Å². The second kappa shape index (κ2) is 7.77. The zero-order valence-corrected chi connectivity index (χ0v) is 13.8. The van der Waals surface area contributed by atoms with Crippen molar-refractivity contribution in [3.63, 3.8) is 0 Å². The standard InChI is InChI=1S/C19H15F2NO4/c1-2-24-14-9-7-12(8-10-14)17-22-15(18(23)26-17)11-13-5-3-4-6-16(13)25-19(20)21/h3-11,19H,2H2,1H3. The van der Waals surface area contributed by atoms with Crippen LogP contribution < -0.4 is 9.47 Å². The molecule has 2 aromatic carbocycles. The third-order valence-corrected chi connectivity index (χ3v) is 3.46. The molecule has 5 nitrogen and oxygen atoms in total. The first-order valence-electron chi connectivity index (χ1n) is 7.86. The Labute approximate surface area is 148 Å². The van der Waals surface area contributed by atoms with Crippen molar-refractivity contribution in [3.8, 4) is 11.5 Å². The van der Waals surface area contributed by atoms with Crippen molar-refractivity contribution in [2.24, 2.45) is 4.99 Å². The van der Waals surface area contributed by atoms with Crippen LogP contribution in [0, 0.1) is 0 Å². The van der Waals surface area contributed by atoms with Gasteiger partial charge in [-0.05, 0) is 43.3 Å². The summed E-state index contributed by atoms with van der Waals surface area (Å²) in [6.07, 6.45) is 1.35. The van der Waals surface area contributed by atoms with E-state index in [1.165, 1.54) is 12.1 Å². The van der Waals surface area contributed by atoms with Gasteiger partial charge in [0.25, 0.3) is 0 Å². The van der Waals surface area contributed by atoms with E-state index in [1.807, 2.05) is 6.92 Å². The van der Waals surface area contributed by atoms with Crippen molar-refractivity contribution in [3.05, 3.63) is 65.4 Å². The van der Waals surface area contributed by atoms with Crippen LogP contribution in [0.2, 0.25) is 0 Å². The van der Waals surface area contributed by atoms with Crippen LogP contribution in [0.1, 0.15) is 18.1 Å². The van der Waals surface area contributed by atoms with E-state index >= 15 is 0 Å². The molecule has 0 fully saturated rings. The molecule has 1 aliphatic rings. The van der Waals surface area contributed by atoms with Gasteiger partial charge < -0.3 is 14.2 Å². The number of hydrogen-bond donors (Lipinski definition) is 0. The van der Waals surface area contributed by atoms with Crippen molar-refractivity contribution in [1.29, 1.82) is 0 Å². The molecule has 1 aliphatic heterocycles. The minimum atomic E-state index is -2.96. The van der Waals surface area contributed by atoms with Crippen LogP contribution >= 0.6 is 0 Å². The number of nitrogens with zero attached hydrogens (tertiary/aromatic N) is 1. The molecule has 0 aromatic heterocycles. The molecule has 134 valence electrons. The number of cyclic esters (lactones) is 1. The average molecular weight is 359 g/mol. The molecule has 0 spiro atoms. The van der Waals surface area contributed by atoms with E-state index < -0.39 is 12.6 Å². The molecule has 0 bridgehead atoms. The second-order valence-electron chi connectivity index (χ2n) is 5.21. The summed E-state index contributed by atoms with van der Waals surface area (Å²) in [6.45, 7) is -0.543. The SMILES string of the molecule is CCOc1ccc(C2=NC(=Cc3ccccc3OC(F)F)C(=O)O2)cc1. The largest absolute Gasteiger partial charge is 0.494 e. The van der Waals surface area contributed by atoms with Crippen LogP contribution in [0.4, 0.5) is 8.78 Å². The maximum absolute atomic E-state index is 12.5. The summed E-state index contributed by atoms with van der Waals surface area (Å²) in [4.78, 5) is 16.2. The van der Waals surface area contributed by atoms with E-state index in [2.05, 4.69) is 9.73 Å². The Hall–Kier alpha value is -3.22. The minimum Gasteiger partial charge on any atom is -0.494 e. The monoisotopic (exact) mass is 359 g/mol. The van der Waals surface area contributed by atoms with E-state index in [0.717, 1.165) is 0 Å². The summed E-state index contributed by atoms with van der Waals surface area (Å²) >= 11 is 0. The van der Waals surface area contributed by atoms with Crippen LogP contribution in [-0.4, -0.2) is 25.1 Å². The molecule has 0 saturated heterocycles. The average Bonchev–Trinajstić information content (AvgIpc) is 2.98. The van der Waals surface area contributed by atoms with Crippen molar-refractivity contribution >= 4 is 17.9 Å². The van der Waals surface area contributed by atoms with Gasteiger partial charge in [-0.25, -0.2) is 9.79 Å². The molecule has 7 heteroatoms. The van der Waals surface area contributed by atoms with Gasteiger partial charge in [-0.2, -0.15) is 8.78 Å². The van der Waals surface area contributed by atoms with E-state index in [4.69, 9.17) is 9.47 Å². The number of esters is 1. The quantitative estimate of drug-likeness (QED) is 0.577. The highest BCUT2D eigenvalue weighted by Gasteiger charge is 2.24. The van der Waals surface area contributed by atoms with Gasteiger partial charge in [-0.3, -0.25) is 0 Å². The highest BCUT2D eigenvalue weighted by Crippen LogP contribution is 2.26. The first-order valence-corrected chi connectivity index (χ1v) is 7.86. The normalized spacial score (nSPS) is 15.2. The molecular formula is C19H15F2NO4. The Bertz CT molecular complexity index is 860. The number of carbonyl (C=O) groups is 1. The Kier molecular flexibility index (Phi) is 5.26. The smallest absolute Gasteiger partial charge is 0.387 e. The summed E-state index contributed by atoms with van der Waals surface area (Å²) in [6, 6.07) is 13.0. The third-order valence-electron chi connectivity index (χ3n) is 3.46. The first kappa shape index (κ1) is 17.6. The summed E-state index contributed by atoms with van der Waals surface area (Å²) < 4.78 is 39.9. The van der Waals surface area contributed by atoms with E-state index in [-0.39, 0.29) is 17.3 Å². The summed E-state index contributed by atoms with van der Waals surface area (Å²) in [5.41, 5.74) is 0.901. The van der Waals surface area contributed by atoms with Crippen LogP contribution in [0.3, 0.4) is 0 Å². The van der Waals surface area contributed by atoms with Crippen molar-refractivity contribution < 1.29 is 27.8 Å². The van der Waals surface area contributed by atoms with E-state index in [9.17, 15) is 13.6 Å². The number of aliphatic imine (C=N–C) groups is 1. The zero-order valence-electron chi connectivity index (χ0n) is 13.8. The predicted molar refractivity (Wildman–Crippen MR) is 91.3 cm³/mol. The topological polar surface area (TPSA) is 57.1 Å². The lowest BCUT2D eigenvalue weighted by Crippen LogP contribution is -2.05. The fraction of sp³-hybridized carbons (Fsp3) is 0.158. The molecule has 0 aliphatic carbocycles. The molecule has 3 rings (SSSR count). The number of ether oxygens (including phenoxy) is 3. The van der Waals surface area contributed by atoms with Gasteiger partial charge in [-0.1, -0.05) is 18.2 Å². The first-order chi connectivity index (χ1) is 12.6. The molecule has 0 amide bonds. The van der Waals surface area contributed by atoms with Gasteiger partial charge in [0.2, 0.25) is 5.90 Å². The summed E-state index contributed by atoms with van der Waals surface area (Å²) in [5.74, 6) is 0.111. The third kappa shape index (κ3) is 4.05. The van der Waals surface area contributed by atoms with E-state index in [0.29, 0.717) is 23.5 Å². The molecule has 2 aromatic rings. The predicted octanol–water partition coefficient (Wildman–Crippen LogP) is 4.03. The van der Waals surface area contributed by atoms with Gasteiger partial charge in [0.15, 0.2) is 5.70 Å². The number of halogens is 2. The Morgan fingerprint density at radius 2 is 1.88 bits per heavy atom. The maximum Gasteiger partial charge on any atom is 0.387 e. The molecule has 26 heavy (non-hydrogen) atoms. The number of hydrogen-bond acceptors (Lipinski definition) is 5. The van der Waals surface area contributed by atoms with E-state index in [1.54, 1.807) is 42.5 Å². The second-order valence-corrected chi connectivity index (χ2v) is 5.21. The highest BCUT2D eigenvalue weighted by atomic mass is 19.3. The highest BCUT2D eigenvalue weighted by molar-refractivity contribution is 6.13. The lowest BCUT2D eigenvalue weighted by Gasteiger charge is -2.07. The van der Waals surface area contributed by atoms with Crippen LogP contribution in [0.25, 0.3) is 6.08 Å².